The highest BCUT2D eigenvalue weighted by atomic mass is 16.5. The van der Waals surface area contributed by atoms with Crippen LogP contribution in [0.25, 0.3) is 0 Å². The first-order chi connectivity index (χ1) is 12.7. The fourth-order valence-electron chi connectivity index (χ4n) is 2.98. The molecular weight excluding hydrogens is 330 g/mol. The molecule has 0 aromatic heterocycles. The van der Waals surface area contributed by atoms with E-state index < -0.39 is 0 Å². The largest absolute Gasteiger partial charge is 0.496 e. The summed E-state index contributed by atoms with van der Waals surface area (Å²) in [4.78, 5) is 25.8. The zero-order valence-corrected chi connectivity index (χ0v) is 14.8. The van der Waals surface area contributed by atoms with Gasteiger partial charge in [-0.3, -0.25) is 9.69 Å². The van der Waals surface area contributed by atoms with Gasteiger partial charge in [0.1, 0.15) is 5.75 Å². The maximum absolute atomic E-state index is 12.2. The normalized spacial score (nSPS) is 13.9. The van der Waals surface area contributed by atoms with Crippen LogP contribution in [0.1, 0.15) is 18.4 Å². The minimum Gasteiger partial charge on any atom is -0.496 e. The number of aryl methyl sites for hydroxylation is 1. The molecule has 136 valence electrons. The van der Waals surface area contributed by atoms with Crippen LogP contribution in [-0.4, -0.2) is 32.1 Å². The first-order valence-corrected chi connectivity index (χ1v) is 8.74. The van der Waals surface area contributed by atoms with Crippen molar-refractivity contribution in [1.29, 1.82) is 0 Å². The van der Waals surface area contributed by atoms with Crippen LogP contribution in [0.3, 0.4) is 0 Å². The summed E-state index contributed by atoms with van der Waals surface area (Å²) in [6.45, 7) is 1.42. The summed E-state index contributed by atoms with van der Waals surface area (Å²) in [6.07, 6.45) is 1.91. The van der Waals surface area contributed by atoms with Gasteiger partial charge in [0, 0.05) is 30.9 Å². The Kier molecular flexibility index (Phi) is 5.73. The predicted molar refractivity (Wildman–Crippen MR) is 102 cm³/mol. The van der Waals surface area contributed by atoms with Crippen LogP contribution < -0.4 is 20.3 Å². The standard InChI is InChI=1S/C20H23N3O3/c1-26-18-6-3-2-5-15(18)7-12-19(24)22-16-8-10-17(11-9-16)23-14-4-13-21-20(23)25/h2-3,5-6,8-11H,4,7,12-14H2,1H3,(H,21,25)(H,22,24). The molecule has 2 N–H and O–H groups in total. The Morgan fingerprint density at radius 1 is 1.19 bits per heavy atom. The van der Waals surface area contributed by atoms with E-state index in [0.29, 0.717) is 19.4 Å². The summed E-state index contributed by atoms with van der Waals surface area (Å²) in [5, 5.41) is 5.72. The monoisotopic (exact) mass is 353 g/mol. The van der Waals surface area contributed by atoms with Crippen LogP contribution in [0.15, 0.2) is 48.5 Å². The van der Waals surface area contributed by atoms with Gasteiger partial charge >= 0.3 is 6.03 Å². The van der Waals surface area contributed by atoms with Gasteiger partial charge in [0.15, 0.2) is 0 Å². The molecule has 6 heteroatoms. The number of nitrogens with one attached hydrogen (secondary N) is 2. The summed E-state index contributed by atoms with van der Waals surface area (Å²) < 4.78 is 5.31. The number of anilines is 2. The number of rotatable bonds is 6. The Balaban J connectivity index is 1.55. The second kappa shape index (κ2) is 8.38. The van der Waals surface area contributed by atoms with Gasteiger partial charge in [-0.2, -0.15) is 0 Å². The van der Waals surface area contributed by atoms with E-state index in [1.807, 2.05) is 48.5 Å². The van der Waals surface area contributed by atoms with Crippen LogP contribution in [-0.2, 0) is 11.2 Å². The number of nitrogens with zero attached hydrogens (tertiary/aromatic N) is 1. The van der Waals surface area contributed by atoms with E-state index in [9.17, 15) is 9.59 Å². The fraction of sp³-hybridized carbons (Fsp3) is 0.300. The van der Waals surface area contributed by atoms with E-state index in [4.69, 9.17) is 4.74 Å². The molecule has 0 bridgehead atoms. The van der Waals surface area contributed by atoms with E-state index in [0.717, 1.165) is 35.7 Å². The van der Waals surface area contributed by atoms with E-state index in [1.54, 1.807) is 12.0 Å². The van der Waals surface area contributed by atoms with Crippen molar-refractivity contribution in [2.45, 2.75) is 19.3 Å². The molecule has 1 aliphatic rings. The van der Waals surface area contributed by atoms with Gasteiger partial charge < -0.3 is 15.4 Å². The molecule has 0 spiro atoms. The SMILES string of the molecule is COc1ccccc1CCC(=O)Nc1ccc(N2CCCNC2=O)cc1. The van der Waals surface area contributed by atoms with Gasteiger partial charge in [-0.15, -0.1) is 0 Å². The van der Waals surface area contributed by atoms with Crippen molar-refractivity contribution in [2.75, 3.05) is 30.4 Å². The Bertz CT molecular complexity index is 774. The molecule has 6 nitrogen and oxygen atoms in total. The highest BCUT2D eigenvalue weighted by Gasteiger charge is 2.18. The van der Waals surface area contributed by atoms with E-state index >= 15 is 0 Å². The molecule has 2 aromatic rings. The Morgan fingerprint density at radius 3 is 2.69 bits per heavy atom. The van der Waals surface area contributed by atoms with Crippen molar-refractivity contribution in [1.82, 2.24) is 5.32 Å². The molecule has 1 saturated heterocycles. The van der Waals surface area contributed by atoms with Gasteiger partial charge in [0.2, 0.25) is 5.91 Å². The number of carbonyl (C=O) groups excluding carboxylic acids is 2. The van der Waals surface area contributed by atoms with Crippen LogP contribution in [0, 0.1) is 0 Å². The number of benzene rings is 2. The summed E-state index contributed by atoms with van der Waals surface area (Å²) >= 11 is 0. The third-order valence-electron chi connectivity index (χ3n) is 4.36. The minimum absolute atomic E-state index is 0.0561. The summed E-state index contributed by atoms with van der Waals surface area (Å²) in [6, 6.07) is 15.0. The van der Waals surface area contributed by atoms with Gasteiger partial charge in [0.05, 0.1) is 7.11 Å². The lowest BCUT2D eigenvalue weighted by atomic mass is 10.1. The van der Waals surface area contributed by atoms with Gasteiger partial charge in [-0.25, -0.2) is 4.79 Å². The van der Waals surface area contributed by atoms with E-state index in [2.05, 4.69) is 10.6 Å². The lowest BCUT2D eigenvalue weighted by Crippen LogP contribution is -2.46. The van der Waals surface area contributed by atoms with Crippen LogP contribution in [0.5, 0.6) is 5.75 Å². The van der Waals surface area contributed by atoms with Crippen LogP contribution in [0.2, 0.25) is 0 Å². The Hall–Kier alpha value is -3.02. The second-order valence-corrected chi connectivity index (χ2v) is 6.14. The average molecular weight is 353 g/mol. The number of hydrogen-bond acceptors (Lipinski definition) is 3. The number of amides is 3. The maximum Gasteiger partial charge on any atom is 0.321 e. The van der Waals surface area contributed by atoms with Crippen molar-refractivity contribution < 1.29 is 14.3 Å². The van der Waals surface area contributed by atoms with Crippen molar-refractivity contribution in [3.05, 3.63) is 54.1 Å². The minimum atomic E-state index is -0.0788. The third kappa shape index (κ3) is 4.33. The molecule has 0 saturated carbocycles. The molecule has 0 unspecified atom stereocenters. The topological polar surface area (TPSA) is 70.7 Å². The number of methoxy groups -OCH3 is 1. The first kappa shape index (κ1) is 17.8. The molecule has 3 rings (SSSR count). The summed E-state index contributed by atoms with van der Waals surface area (Å²) in [5.41, 5.74) is 2.56. The fourth-order valence-corrected chi connectivity index (χ4v) is 2.98. The molecular formula is C20H23N3O3. The molecule has 1 heterocycles. The lowest BCUT2D eigenvalue weighted by Gasteiger charge is -2.27. The molecule has 0 atom stereocenters. The van der Waals surface area contributed by atoms with Crippen molar-refractivity contribution in [3.63, 3.8) is 0 Å². The highest BCUT2D eigenvalue weighted by molar-refractivity contribution is 5.94. The van der Waals surface area contributed by atoms with Crippen LogP contribution >= 0.6 is 0 Å². The predicted octanol–water partition coefficient (Wildman–Crippen LogP) is 3.19. The van der Waals surface area contributed by atoms with Gasteiger partial charge in [-0.05, 0) is 48.7 Å². The molecule has 26 heavy (non-hydrogen) atoms. The Morgan fingerprint density at radius 2 is 1.96 bits per heavy atom. The quantitative estimate of drug-likeness (QED) is 0.838. The first-order valence-electron chi connectivity index (χ1n) is 8.74. The third-order valence-corrected chi connectivity index (χ3v) is 4.36. The highest BCUT2D eigenvalue weighted by Crippen LogP contribution is 2.21. The Labute approximate surface area is 153 Å². The number of urea groups is 1. The zero-order valence-electron chi connectivity index (χ0n) is 14.8. The molecule has 1 aliphatic heterocycles. The number of ether oxygens (including phenoxy) is 1. The van der Waals surface area contributed by atoms with Crippen LogP contribution in [0.4, 0.5) is 16.2 Å². The second-order valence-electron chi connectivity index (χ2n) is 6.14. The molecule has 3 amide bonds. The lowest BCUT2D eigenvalue weighted by molar-refractivity contribution is -0.116. The van der Waals surface area contributed by atoms with Crippen molar-refractivity contribution in [2.24, 2.45) is 0 Å². The maximum atomic E-state index is 12.2. The van der Waals surface area contributed by atoms with E-state index in [1.165, 1.54) is 0 Å². The number of para-hydroxylation sites is 1. The van der Waals surface area contributed by atoms with Crippen molar-refractivity contribution >= 4 is 23.3 Å². The smallest absolute Gasteiger partial charge is 0.321 e. The average Bonchev–Trinajstić information content (AvgIpc) is 2.68. The zero-order chi connectivity index (χ0) is 18.4. The molecule has 2 aromatic carbocycles. The number of carbonyl (C=O) groups is 2. The van der Waals surface area contributed by atoms with E-state index in [-0.39, 0.29) is 11.9 Å². The molecule has 0 radical (unpaired) electrons. The van der Waals surface area contributed by atoms with Gasteiger partial charge in [0.25, 0.3) is 0 Å². The summed E-state index contributed by atoms with van der Waals surface area (Å²) in [7, 11) is 1.63. The molecule has 1 fully saturated rings. The number of hydrogen-bond donors (Lipinski definition) is 2. The van der Waals surface area contributed by atoms with Crippen molar-refractivity contribution in [3.8, 4) is 5.75 Å². The van der Waals surface area contributed by atoms with Gasteiger partial charge in [-0.1, -0.05) is 18.2 Å². The summed E-state index contributed by atoms with van der Waals surface area (Å²) in [5.74, 6) is 0.740. The molecule has 0 aliphatic carbocycles.